The summed E-state index contributed by atoms with van der Waals surface area (Å²) in [6.07, 6.45) is 3.13. The molecule has 0 amide bonds. The average Bonchev–Trinajstić information content (AvgIpc) is 2.68. The largest absolute Gasteiger partial charge is 0.389 e. The summed E-state index contributed by atoms with van der Waals surface area (Å²) in [6, 6.07) is 20.6. The lowest BCUT2D eigenvalue weighted by atomic mass is 10.1. The minimum Gasteiger partial charge on any atom is -0.389 e. The summed E-state index contributed by atoms with van der Waals surface area (Å²) in [6.45, 7) is 1.84. The lowest BCUT2D eigenvalue weighted by molar-refractivity contribution is 0.0156. The van der Waals surface area contributed by atoms with Crippen LogP contribution in [0.25, 0.3) is 0 Å². The fourth-order valence-corrected chi connectivity index (χ4v) is 2.82. The van der Waals surface area contributed by atoms with Gasteiger partial charge in [0.15, 0.2) is 0 Å². The molecule has 2 rings (SSSR count). The standard InChI is InChI=1S/C22H29ClO3/c23-21(17-25-15-7-13-19-9-3-1-4-10-19)22(24)18-26-16-8-14-20-11-5-2-6-12-20/h1-6,9-12,21-22,24H,7-8,13-18H2/t21-,22-/m1/s1. The maximum absolute atomic E-state index is 10.0. The number of ether oxygens (including phenoxy) is 2. The Balaban J connectivity index is 1.46. The van der Waals surface area contributed by atoms with E-state index in [0.717, 1.165) is 25.7 Å². The number of benzene rings is 2. The summed E-state index contributed by atoms with van der Waals surface area (Å²) in [5, 5.41) is 9.59. The summed E-state index contributed by atoms with van der Waals surface area (Å²) >= 11 is 6.18. The van der Waals surface area contributed by atoms with Crippen LogP contribution in [0.15, 0.2) is 60.7 Å². The molecule has 1 N–H and O–H groups in total. The molecule has 0 unspecified atom stereocenters. The Labute approximate surface area is 161 Å². The highest BCUT2D eigenvalue weighted by molar-refractivity contribution is 6.21. The Morgan fingerprint density at radius 2 is 1.19 bits per heavy atom. The summed E-state index contributed by atoms with van der Waals surface area (Å²) in [5.74, 6) is 0. The predicted octanol–water partition coefficient (Wildman–Crippen LogP) is 4.25. The smallest absolute Gasteiger partial charge is 0.0959 e. The fraction of sp³-hybridized carbons (Fsp3) is 0.455. The van der Waals surface area contributed by atoms with Gasteiger partial charge in [-0.15, -0.1) is 11.6 Å². The molecule has 0 aliphatic rings. The van der Waals surface area contributed by atoms with Gasteiger partial charge in [-0.1, -0.05) is 60.7 Å². The van der Waals surface area contributed by atoms with Gasteiger partial charge in [-0.3, -0.25) is 0 Å². The van der Waals surface area contributed by atoms with Gasteiger partial charge in [0.05, 0.1) is 24.7 Å². The van der Waals surface area contributed by atoms with E-state index in [1.54, 1.807) is 0 Å². The quantitative estimate of drug-likeness (QED) is 0.419. The summed E-state index contributed by atoms with van der Waals surface area (Å²) in [4.78, 5) is 0. The molecule has 0 saturated heterocycles. The van der Waals surface area contributed by atoms with E-state index in [1.165, 1.54) is 11.1 Å². The molecule has 3 nitrogen and oxygen atoms in total. The number of hydrogen-bond donors (Lipinski definition) is 1. The van der Waals surface area contributed by atoms with Crippen molar-refractivity contribution in [2.75, 3.05) is 26.4 Å². The van der Waals surface area contributed by atoms with Crippen molar-refractivity contribution in [1.29, 1.82) is 0 Å². The van der Waals surface area contributed by atoms with Crippen LogP contribution in [0.1, 0.15) is 24.0 Å². The SMILES string of the molecule is O[C@H](COCCCc1ccccc1)[C@H](Cl)COCCCc1ccccc1. The van der Waals surface area contributed by atoms with Crippen LogP contribution in [-0.2, 0) is 22.3 Å². The first kappa shape index (κ1) is 20.9. The van der Waals surface area contributed by atoms with Gasteiger partial charge in [-0.25, -0.2) is 0 Å². The second kappa shape index (κ2) is 12.9. The monoisotopic (exact) mass is 376 g/mol. The Kier molecular flexibility index (Phi) is 10.4. The van der Waals surface area contributed by atoms with E-state index < -0.39 is 11.5 Å². The highest BCUT2D eigenvalue weighted by Crippen LogP contribution is 2.08. The molecule has 2 atom stereocenters. The molecule has 142 valence electrons. The highest BCUT2D eigenvalue weighted by atomic mass is 35.5. The minimum absolute atomic E-state index is 0.246. The maximum Gasteiger partial charge on any atom is 0.0959 e. The molecule has 2 aromatic rings. The molecule has 0 aliphatic carbocycles. The van der Waals surface area contributed by atoms with Gasteiger partial charge in [0.1, 0.15) is 0 Å². The summed E-state index contributed by atoms with van der Waals surface area (Å²) in [7, 11) is 0. The van der Waals surface area contributed by atoms with Crippen LogP contribution < -0.4 is 0 Å². The minimum atomic E-state index is -0.706. The lowest BCUT2D eigenvalue weighted by Gasteiger charge is -2.17. The second-order valence-electron chi connectivity index (χ2n) is 6.41. The highest BCUT2D eigenvalue weighted by Gasteiger charge is 2.16. The van der Waals surface area contributed by atoms with E-state index in [0.29, 0.717) is 19.8 Å². The van der Waals surface area contributed by atoms with Crippen molar-refractivity contribution in [3.8, 4) is 0 Å². The van der Waals surface area contributed by atoms with Gasteiger partial charge < -0.3 is 14.6 Å². The third kappa shape index (κ3) is 8.81. The van der Waals surface area contributed by atoms with Crippen LogP contribution in [0, 0.1) is 0 Å². The molecule has 0 aliphatic heterocycles. The Bertz CT molecular complexity index is 523. The molecule has 0 aromatic heterocycles. The van der Waals surface area contributed by atoms with Crippen LogP contribution in [-0.4, -0.2) is 43.0 Å². The van der Waals surface area contributed by atoms with E-state index in [-0.39, 0.29) is 6.61 Å². The molecule has 26 heavy (non-hydrogen) atoms. The molecular formula is C22H29ClO3. The van der Waals surface area contributed by atoms with Crippen molar-refractivity contribution in [2.45, 2.75) is 37.2 Å². The number of aryl methyl sites for hydroxylation is 2. The normalized spacial score (nSPS) is 13.5. The second-order valence-corrected chi connectivity index (χ2v) is 6.97. The van der Waals surface area contributed by atoms with E-state index in [2.05, 4.69) is 24.3 Å². The van der Waals surface area contributed by atoms with Crippen molar-refractivity contribution in [3.63, 3.8) is 0 Å². The number of halogens is 1. The third-order valence-electron chi connectivity index (χ3n) is 4.18. The number of aliphatic hydroxyl groups is 1. The van der Waals surface area contributed by atoms with Gasteiger partial charge in [-0.05, 0) is 36.8 Å². The summed E-state index contributed by atoms with van der Waals surface area (Å²) in [5.41, 5.74) is 2.61. The third-order valence-corrected chi connectivity index (χ3v) is 4.59. The number of rotatable bonds is 13. The first-order chi connectivity index (χ1) is 12.8. The van der Waals surface area contributed by atoms with Crippen molar-refractivity contribution in [2.24, 2.45) is 0 Å². The van der Waals surface area contributed by atoms with Gasteiger partial charge in [0.2, 0.25) is 0 Å². The molecular weight excluding hydrogens is 348 g/mol. The zero-order chi connectivity index (χ0) is 18.5. The summed E-state index contributed by atoms with van der Waals surface area (Å²) < 4.78 is 11.1. The van der Waals surface area contributed by atoms with Crippen LogP contribution in [0.4, 0.5) is 0 Å². The topological polar surface area (TPSA) is 38.7 Å². The van der Waals surface area contributed by atoms with Gasteiger partial charge in [0, 0.05) is 13.2 Å². The maximum atomic E-state index is 10.0. The Morgan fingerprint density at radius 1 is 0.731 bits per heavy atom. The number of hydrogen-bond acceptors (Lipinski definition) is 3. The number of aliphatic hydroxyl groups excluding tert-OH is 1. The molecule has 0 fully saturated rings. The van der Waals surface area contributed by atoms with Crippen LogP contribution in [0.5, 0.6) is 0 Å². The fourth-order valence-electron chi connectivity index (χ4n) is 2.66. The van der Waals surface area contributed by atoms with Crippen molar-refractivity contribution >= 4 is 11.6 Å². The van der Waals surface area contributed by atoms with E-state index >= 15 is 0 Å². The molecule has 0 radical (unpaired) electrons. The molecule has 2 aromatic carbocycles. The van der Waals surface area contributed by atoms with Gasteiger partial charge in [-0.2, -0.15) is 0 Å². The molecule has 0 heterocycles. The van der Waals surface area contributed by atoms with Crippen LogP contribution >= 0.6 is 11.6 Å². The van der Waals surface area contributed by atoms with Crippen LogP contribution in [0.3, 0.4) is 0 Å². The Morgan fingerprint density at radius 3 is 1.69 bits per heavy atom. The first-order valence-corrected chi connectivity index (χ1v) is 9.75. The number of alkyl halides is 1. The van der Waals surface area contributed by atoms with Crippen molar-refractivity contribution in [3.05, 3.63) is 71.8 Å². The van der Waals surface area contributed by atoms with E-state index in [1.807, 2.05) is 36.4 Å². The van der Waals surface area contributed by atoms with E-state index in [4.69, 9.17) is 21.1 Å². The molecule has 0 bridgehead atoms. The molecule has 0 saturated carbocycles. The van der Waals surface area contributed by atoms with Crippen molar-refractivity contribution in [1.82, 2.24) is 0 Å². The zero-order valence-corrected chi connectivity index (χ0v) is 16.0. The Hall–Kier alpha value is -1.39. The average molecular weight is 377 g/mol. The zero-order valence-electron chi connectivity index (χ0n) is 15.2. The molecule has 4 heteroatoms. The molecule has 0 spiro atoms. The van der Waals surface area contributed by atoms with E-state index in [9.17, 15) is 5.11 Å². The van der Waals surface area contributed by atoms with Crippen molar-refractivity contribution < 1.29 is 14.6 Å². The van der Waals surface area contributed by atoms with Gasteiger partial charge in [0.25, 0.3) is 0 Å². The van der Waals surface area contributed by atoms with Crippen LogP contribution in [0.2, 0.25) is 0 Å². The first-order valence-electron chi connectivity index (χ1n) is 9.31. The van der Waals surface area contributed by atoms with Gasteiger partial charge >= 0.3 is 0 Å². The lowest BCUT2D eigenvalue weighted by Crippen LogP contribution is -2.30. The predicted molar refractivity (Wildman–Crippen MR) is 107 cm³/mol.